The van der Waals surface area contributed by atoms with E-state index in [1.54, 1.807) is 19.1 Å². The van der Waals surface area contributed by atoms with Gasteiger partial charge in [-0.2, -0.15) is 11.3 Å². The number of benzene rings is 1. The van der Waals surface area contributed by atoms with Crippen LogP contribution in [0.1, 0.15) is 22.8 Å². The molecule has 1 nitrogen and oxygen atoms in total. The van der Waals surface area contributed by atoms with E-state index < -0.39 is 6.10 Å². The van der Waals surface area contributed by atoms with Crippen molar-refractivity contribution in [3.8, 4) is 0 Å². The van der Waals surface area contributed by atoms with E-state index in [9.17, 15) is 9.50 Å². The molecule has 1 heterocycles. The highest BCUT2D eigenvalue weighted by atomic mass is 79.9. The average Bonchev–Trinajstić information content (AvgIpc) is 2.67. The van der Waals surface area contributed by atoms with Crippen LogP contribution in [0.4, 0.5) is 4.39 Å². The van der Waals surface area contributed by atoms with Crippen molar-refractivity contribution in [2.24, 2.45) is 0 Å². The Bertz CT molecular complexity index is 509. The van der Waals surface area contributed by atoms with E-state index in [2.05, 4.69) is 15.9 Å². The van der Waals surface area contributed by atoms with E-state index in [0.29, 0.717) is 11.1 Å². The van der Waals surface area contributed by atoms with Gasteiger partial charge in [0.2, 0.25) is 0 Å². The summed E-state index contributed by atoms with van der Waals surface area (Å²) in [6.07, 6.45) is -0.782. The van der Waals surface area contributed by atoms with E-state index in [1.807, 2.05) is 10.8 Å². The van der Waals surface area contributed by atoms with Crippen molar-refractivity contribution >= 4 is 27.3 Å². The smallest absolute Gasteiger partial charge is 0.126 e. The molecular formula is C12H10BrFOS. The molecule has 0 aliphatic carbocycles. The molecule has 84 valence electrons. The number of halogens is 2. The lowest BCUT2D eigenvalue weighted by Crippen LogP contribution is -2.00. The summed E-state index contributed by atoms with van der Waals surface area (Å²) in [4.78, 5) is 0. The van der Waals surface area contributed by atoms with E-state index in [4.69, 9.17) is 0 Å². The van der Waals surface area contributed by atoms with Gasteiger partial charge in [0.25, 0.3) is 0 Å². The molecule has 0 spiro atoms. The maximum Gasteiger partial charge on any atom is 0.126 e. The molecule has 0 radical (unpaired) electrons. The summed E-state index contributed by atoms with van der Waals surface area (Å²) in [6.45, 7) is 1.70. The first-order valence-electron chi connectivity index (χ1n) is 4.75. The third-order valence-electron chi connectivity index (χ3n) is 2.45. The van der Waals surface area contributed by atoms with E-state index in [0.717, 1.165) is 10.0 Å². The molecule has 2 aromatic rings. The first-order chi connectivity index (χ1) is 7.59. The van der Waals surface area contributed by atoms with Crippen LogP contribution >= 0.6 is 27.3 Å². The van der Waals surface area contributed by atoms with Crippen LogP contribution < -0.4 is 0 Å². The van der Waals surface area contributed by atoms with E-state index >= 15 is 0 Å². The van der Waals surface area contributed by atoms with Crippen molar-refractivity contribution in [1.82, 2.24) is 0 Å². The first-order valence-corrected chi connectivity index (χ1v) is 6.49. The van der Waals surface area contributed by atoms with Gasteiger partial charge in [0.15, 0.2) is 0 Å². The summed E-state index contributed by atoms with van der Waals surface area (Å²) in [5.41, 5.74) is 1.93. The zero-order valence-electron chi connectivity index (χ0n) is 8.58. The molecular weight excluding hydrogens is 291 g/mol. The Hall–Kier alpha value is -0.710. The van der Waals surface area contributed by atoms with Crippen LogP contribution in [0.25, 0.3) is 0 Å². The van der Waals surface area contributed by atoms with Crippen molar-refractivity contribution in [1.29, 1.82) is 0 Å². The monoisotopic (exact) mass is 300 g/mol. The fourth-order valence-corrected chi connectivity index (χ4v) is 2.98. The van der Waals surface area contributed by atoms with Crippen molar-refractivity contribution in [2.45, 2.75) is 13.0 Å². The molecule has 0 aliphatic rings. The normalized spacial score (nSPS) is 12.8. The summed E-state index contributed by atoms with van der Waals surface area (Å²) in [5.74, 6) is -0.289. The number of aliphatic hydroxyl groups is 1. The van der Waals surface area contributed by atoms with Crippen LogP contribution in [0.15, 0.2) is 33.4 Å². The molecule has 1 aromatic heterocycles. The van der Waals surface area contributed by atoms with E-state index in [1.165, 1.54) is 17.4 Å². The average molecular weight is 301 g/mol. The molecule has 2 rings (SSSR count). The van der Waals surface area contributed by atoms with Gasteiger partial charge in [-0.05, 0) is 45.4 Å². The molecule has 0 bridgehead atoms. The molecule has 1 unspecified atom stereocenters. The number of rotatable bonds is 2. The van der Waals surface area contributed by atoms with Crippen molar-refractivity contribution in [3.05, 3.63) is 55.9 Å². The van der Waals surface area contributed by atoms with Gasteiger partial charge >= 0.3 is 0 Å². The predicted octanol–water partition coefficient (Wildman–Crippen LogP) is 4.04. The first kappa shape index (κ1) is 11.8. The molecule has 0 fully saturated rings. The Morgan fingerprint density at radius 3 is 2.69 bits per heavy atom. The van der Waals surface area contributed by atoms with Crippen LogP contribution in [-0.4, -0.2) is 5.11 Å². The van der Waals surface area contributed by atoms with Gasteiger partial charge in [0.05, 0.1) is 0 Å². The number of hydrogen-bond donors (Lipinski definition) is 1. The Morgan fingerprint density at radius 1 is 1.38 bits per heavy atom. The highest BCUT2D eigenvalue weighted by Crippen LogP contribution is 2.31. The summed E-state index contributed by atoms with van der Waals surface area (Å²) < 4.78 is 14.2. The lowest BCUT2D eigenvalue weighted by atomic mass is 10.0. The number of aliphatic hydroxyl groups excluding tert-OH is 1. The summed E-state index contributed by atoms with van der Waals surface area (Å²) >= 11 is 4.85. The van der Waals surface area contributed by atoms with Crippen LogP contribution in [0.2, 0.25) is 0 Å². The Balaban J connectivity index is 2.38. The van der Waals surface area contributed by atoms with Gasteiger partial charge in [0.1, 0.15) is 11.9 Å². The zero-order chi connectivity index (χ0) is 11.7. The van der Waals surface area contributed by atoms with Gasteiger partial charge in [0, 0.05) is 15.4 Å². The zero-order valence-corrected chi connectivity index (χ0v) is 11.0. The standard InChI is InChI=1S/C12H10BrFOS/c1-7-2-3-8(4-11(7)14)12(15)9-5-16-6-10(9)13/h2-6,12,15H,1H3. The second-order valence-electron chi connectivity index (χ2n) is 3.59. The highest BCUT2D eigenvalue weighted by molar-refractivity contribution is 9.10. The highest BCUT2D eigenvalue weighted by Gasteiger charge is 2.15. The number of aryl methyl sites for hydroxylation is 1. The second kappa shape index (κ2) is 4.65. The van der Waals surface area contributed by atoms with Crippen molar-refractivity contribution in [3.63, 3.8) is 0 Å². The Morgan fingerprint density at radius 2 is 2.12 bits per heavy atom. The van der Waals surface area contributed by atoms with Crippen LogP contribution in [-0.2, 0) is 0 Å². The summed E-state index contributed by atoms with van der Waals surface area (Å²) in [5, 5.41) is 13.8. The molecule has 1 aromatic carbocycles. The Labute approximate surface area is 106 Å². The van der Waals surface area contributed by atoms with E-state index in [-0.39, 0.29) is 5.82 Å². The third kappa shape index (κ3) is 2.19. The predicted molar refractivity (Wildman–Crippen MR) is 67.2 cm³/mol. The quantitative estimate of drug-likeness (QED) is 0.887. The molecule has 4 heteroatoms. The summed E-state index contributed by atoms with van der Waals surface area (Å²) in [7, 11) is 0. The van der Waals surface area contributed by atoms with Gasteiger partial charge in [-0.15, -0.1) is 0 Å². The van der Waals surface area contributed by atoms with Gasteiger partial charge < -0.3 is 5.11 Å². The summed E-state index contributed by atoms with van der Waals surface area (Å²) in [6, 6.07) is 4.80. The topological polar surface area (TPSA) is 20.2 Å². The van der Waals surface area contributed by atoms with Crippen LogP contribution in [0.5, 0.6) is 0 Å². The van der Waals surface area contributed by atoms with Gasteiger partial charge in [-0.25, -0.2) is 4.39 Å². The minimum Gasteiger partial charge on any atom is -0.384 e. The number of hydrogen-bond acceptors (Lipinski definition) is 2. The minimum atomic E-state index is -0.782. The number of thiophene rings is 1. The fraction of sp³-hybridized carbons (Fsp3) is 0.167. The third-order valence-corrected chi connectivity index (χ3v) is 4.20. The molecule has 1 atom stereocenters. The van der Waals surface area contributed by atoms with Crippen LogP contribution in [0.3, 0.4) is 0 Å². The maximum atomic E-state index is 13.4. The molecule has 0 saturated heterocycles. The lowest BCUT2D eigenvalue weighted by molar-refractivity contribution is 0.219. The fourth-order valence-electron chi connectivity index (χ4n) is 1.45. The van der Waals surface area contributed by atoms with Crippen LogP contribution in [0, 0.1) is 12.7 Å². The molecule has 16 heavy (non-hydrogen) atoms. The van der Waals surface area contributed by atoms with Gasteiger partial charge in [-0.1, -0.05) is 12.1 Å². The van der Waals surface area contributed by atoms with Crippen molar-refractivity contribution < 1.29 is 9.50 Å². The second-order valence-corrected chi connectivity index (χ2v) is 5.18. The molecule has 0 amide bonds. The maximum absolute atomic E-state index is 13.4. The van der Waals surface area contributed by atoms with Crippen molar-refractivity contribution in [2.75, 3.05) is 0 Å². The molecule has 1 N–H and O–H groups in total. The SMILES string of the molecule is Cc1ccc(C(O)c2cscc2Br)cc1F. The minimum absolute atomic E-state index is 0.289. The molecule has 0 aliphatic heterocycles. The Kier molecular flexibility index (Phi) is 3.42. The van der Waals surface area contributed by atoms with Gasteiger partial charge in [-0.3, -0.25) is 0 Å². The molecule has 0 saturated carbocycles. The largest absolute Gasteiger partial charge is 0.384 e. The lowest BCUT2D eigenvalue weighted by Gasteiger charge is -2.11.